The number of benzene rings is 1. The number of fused-ring (bicyclic) bond motifs is 1. The van der Waals surface area contributed by atoms with Crippen LogP contribution in [0.3, 0.4) is 0 Å². The van der Waals surface area contributed by atoms with Gasteiger partial charge in [-0.25, -0.2) is 4.79 Å². The average molecular weight is 218 g/mol. The summed E-state index contributed by atoms with van der Waals surface area (Å²) in [5.74, 6) is 0. The predicted octanol–water partition coefficient (Wildman–Crippen LogP) is 2.17. The normalized spacial score (nSPS) is 23.4. The highest BCUT2D eigenvalue weighted by Crippen LogP contribution is 2.34. The van der Waals surface area contributed by atoms with E-state index in [2.05, 4.69) is 35.8 Å². The fourth-order valence-corrected chi connectivity index (χ4v) is 2.49. The molecule has 3 nitrogen and oxygen atoms in total. The zero-order chi connectivity index (χ0) is 11.6. The number of carbonyl (C=O) groups is 1. The van der Waals surface area contributed by atoms with Gasteiger partial charge in [-0.15, -0.1) is 0 Å². The van der Waals surface area contributed by atoms with Crippen LogP contribution in [0.5, 0.6) is 0 Å². The summed E-state index contributed by atoms with van der Waals surface area (Å²) in [6, 6.07) is 8.25. The maximum Gasteiger partial charge on any atom is 0.315 e. The first-order chi connectivity index (χ1) is 7.65. The highest BCUT2D eigenvalue weighted by Gasteiger charge is 2.32. The first kappa shape index (κ1) is 11.0. The van der Waals surface area contributed by atoms with E-state index >= 15 is 0 Å². The topological polar surface area (TPSA) is 41.1 Å². The van der Waals surface area contributed by atoms with Crippen LogP contribution in [0.4, 0.5) is 4.79 Å². The Hall–Kier alpha value is -1.51. The number of rotatable bonds is 1. The Labute approximate surface area is 96.2 Å². The van der Waals surface area contributed by atoms with Crippen molar-refractivity contribution in [3.8, 4) is 0 Å². The lowest BCUT2D eigenvalue weighted by molar-refractivity contribution is 0.224. The number of hydrogen-bond donors (Lipinski definition) is 2. The first-order valence-corrected chi connectivity index (χ1v) is 5.74. The second kappa shape index (κ2) is 4.16. The van der Waals surface area contributed by atoms with Crippen molar-refractivity contribution in [1.82, 2.24) is 10.6 Å². The summed E-state index contributed by atoms with van der Waals surface area (Å²) in [6.45, 7) is 2.10. The third-order valence-corrected chi connectivity index (χ3v) is 3.35. The van der Waals surface area contributed by atoms with E-state index in [1.807, 2.05) is 6.07 Å². The number of aryl methyl sites for hydroxylation is 1. The van der Waals surface area contributed by atoms with E-state index in [1.165, 1.54) is 11.1 Å². The molecule has 1 aliphatic rings. The van der Waals surface area contributed by atoms with E-state index in [0.29, 0.717) is 0 Å². The molecule has 0 fully saturated rings. The van der Waals surface area contributed by atoms with E-state index in [-0.39, 0.29) is 11.6 Å². The molecule has 0 aliphatic heterocycles. The SMILES string of the molecule is CNC(=O)NC1(C)CCCc2ccccc21. The van der Waals surface area contributed by atoms with Crippen LogP contribution in [0.25, 0.3) is 0 Å². The summed E-state index contributed by atoms with van der Waals surface area (Å²) in [4.78, 5) is 11.5. The molecule has 1 aromatic rings. The predicted molar refractivity (Wildman–Crippen MR) is 64.3 cm³/mol. The highest BCUT2D eigenvalue weighted by molar-refractivity contribution is 5.74. The van der Waals surface area contributed by atoms with Crippen LogP contribution in [0.1, 0.15) is 30.9 Å². The molecule has 1 aliphatic carbocycles. The Morgan fingerprint density at radius 2 is 2.12 bits per heavy atom. The number of nitrogens with one attached hydrogen (secondary N) is 2. The zero-order valence-electron chi connectivity index (χ0n) is 9.84. The van der Waals surface area contributed by atoms with Gasteiger partial charge in [-0.1, -0.05) is 24.3 Å². The van der Waals surface area contributed by atoms with Crippen molar-refractivity contribution in [2.75, 3.05) is 7.05 Å². The minimum atomic E-state index is -0.227. The van der Waals surface area contributed by atoms with Crippen LogP contribution in [-0.4, -0.2) is 13.1 Å². The lowest BCUT2D eigenvalue weighted by Gasteiger charge is -2.36. The van der Waals surface area contributed by atoms with Gasteiger partial charge in [0.25, 0.3) is 0 Å². The van der Waals surface area contributed by atoms with Gasteiger partial charge in [0.05, 0.1) is 5.54 Å². The van der Waals surface area contributed by atoms with Crippen LogP contribution >= 0.6 is 0 Å². The third-order valence-electron chi connectivity index (χ3n) is 3.35. The maximum atomic E-state index is 11.5. The van der Waals surface area contributed by atoms with Gasteiger partial charge in [-0.2, -0.15) is 0 Å². The molecule has 16 heavy (non-hydrogen) atoms. The number of carbonyl (C=O) groups excluding carboxylic acids is 1. The molecule has 0 saturated heterocycles. The monoisotopic (exact) mass is 218 g/mol. The van der Waals surface area contributed by atoms with Gasteiger partial charge in [-0.3, -0.25) is 0 Å². The Morgan fingerprint density at radius 1 is 1.38 bits per heavy atom. The minimum absolute atomic E-state index is 0.112. The molecular weight excluding hydrogens is 200 g/mol. The summed E-state index contributed by atoms with van der Waals surface area (Å²) in [6.07, 6.45) is 3.23. The second-order valence-electron chi connectivity index (χ2n) is 4.55. The van der Waals surface area contributed by atoms with E-state index in [4.69, 9.17) is 0 Å². The molecule has 1 aromatic carbocycles. The van der Waals surface area contributed by atoms with Crippen molar-refractivity contribution in [2.45, 2.75) is 31.7 Å². The third kappa shape index (κ3) is 1.90. The van der Waals surface area contributed by atoms with E-state index in [0.717, 1.165) is 19.3 Å². The molecular formula is C13H18N2O. The summed E-state index contributed by atoms with van der Waals surface area (Å²) >= 11 is 0. The van der Waals surface area contributed by atoms with Crippen molar-refractivity contribution in [2.24, 2.45) is 0 Å². The zero-order valence-corrected chi connectivity index (χ0v) is 9.84. The lowest BCUT2D eigenvalue weighted by atomic mass is 9.78. The molecule has 0 saturated carbocycles. The fourth-order valence-electron chi connectivity index (χ4n) is 2.49. The number of urea groups is 1. The number of hydrogen-bond acceptors (Lipinski definition) is 1. The molecule has 2 amide bonds. The average Bonchev–Trinajstić information content (AvgIpc) is 2.29. The standard InChI is InChI=1S/C13H18N2O/c1-13(15-12(16)14-2)9-5-7-10-6-3-4-8-11(10)13/h3-4,6,8H,5,7,9H2,1-2H3,(H2,14,15,16). The smallest absolute Gasteiger partial charge is 0.315 e. The minimum Gasteiger partial charge on any atom is -0.341 e. The molecule has 0 aromatic heterocycles. The highest BCUT2D eigenvalue weighted by atomic mass is 16.2. The summed E-state index contributed by atoms with van der Waals surface area (Å²) in [5.41, 5.74) is 2.38. The van der Waals surface area contributed by atoms with Gasteiger partial charge in [0.1, 0.15) is 0 Å². The van der Waals surface area contributed by atoms with Gasteiger partial charge in [-0.05, 0) is 37.3 Å². The van der Waals surface area contributed by atoms with Crippen molar-refractivity contribution in [1.29, 1.82) is 0 Å². The van der Waals surface area contributed by atoms with Crippen molar-refractivity contribution in [3.05, 3.63) is 35.4 Å². The molecule has 1 unspecified atom stereocenters. The quantitative estimate of drug-likeness (QED) is 0.745. The fraction of sp³-hybridized carbons (Fsp3) is 0.462. The van der Waals surface area contributed by atoms with Gasteiger partial charge in [0, 0.05) is 7.05 Å². The van der Waals surface area contributed by atoms with Gasteiger partial charge in [0.15, 0.2) is 0 Å². The van der Waals surface area contributed by atoms with Crippen molar-refractivity contribution < 1.29 is 4.79 Å². The van der Waals surface area contributed by atoms with E-state index in [1.54, 1.807) is 7.05 Å². The molecule has 1 atom stereocenters. The van der Waals surface area contributed by atoms with Crippen LogP contribution in [0.15, 0.2) is 24.3 Å². The van der Waals surface area contributed by atoms with E-state index < -0.39 is 0 Å². The molecule has 0 radical (unpaired) electrons. The Balaban J connectivity index is 2.32. The maximum absolute atomic E-state index is 11.5. The van der Waals surface area contributed by atoms with Crippen LogP contribution < -0.4 is 10.6 Å². The van der Waals surface area contributed by atoms with Gasteiger partial charge < -0.3 is 10.6 Å². The van der Waals surface area contributed by atoms with Gasteiger partial charge in [0.2, 0.25) is 0 Å². The van der Waals surface area contributed by atoms with Crippen molar-refractivity contribution in [3.63, 3.8) is 0 Å². The van der Waals surface area contributed by atoms with Gasteiger partial charge >= 0.3 is 6.03 Å². The largest absolute Gasteiger partial charge is 0.341 e. The molecule has 2 rings (SSSR count). The molecule has 0 spiro atoms. The van der Waals surface area contributed by atoms with Crippen LogP contribution in [0, 0.1) is 0 Å². The summed E-state index contributed by atoms with van der Waals surface area (Å²) in [5, 5.41) is 5.67. The molecule has 0 heterocycles. The molecule has 3 heteroatoms. The Bertz CT molecular complexity index is 403. The molecule has 86 valence electrons. The number of amides is 2. The summed E-state index contributed by atoms with van der Waals surface area (Å²) in [7, 11) is 1.65. The van der Waals surface area contributed by atoms with Crippen LogP contribution in [-0.2, 0) is 12.0 Å². The molecule has 0 bridgehead atoms. The Morgan fingerprint density at radius 3 is 2.88 bits per heavy atom. The van der Waals surface area contributed by atoms with Crippen molar-refractivity contribution >= 4 is 6.03 Å². The molecule has 2 N–H and O–H groups in total. The second-order valence-corrected chi connectivity index (χ2v) is 4.55. The Kier molecular flexibility index (Phi) is 2.86. The first-order valence-electron chi connectivity index (χ1n) is 5.74. The lowest BCUT2D eigenvalue weighted by Crippen LogP contribution is -2.48. The van der Waals surface area contributed by atoms with Crippen LogP contribution in [0.2, 0.25) is 0 Å². The van der Waals surface area contributed by atoms with E-state index in [9.17, 15) is 4.79 Å². The summed E-state index contributed by atoms with van der Waals surface area (Å²) < 4.78 is 0.